The molecule has 44 valence electrons. The zero-order chi connectivity index (χ0) is 6.41. The Hall–Kier alpha value is -1.26. The Kier molecular flexibility index (Phi) is 3.30. The largest absolute Gasteiger partial charge is 0.386 e. The van der Waals surface area contributed by atoms with Crippen LogP contribution in [0.25, 0.3) is 0 Å². The fourth-order valence-corrected chi connectivity index (χ4v) is 0.119. The zero-order valence-corrected chi connectivity index (χ0v) is 4.57. The number of rotatable bonds is 2. The summed E-state index contributed by atoms with van der Waals surface area (Å²) in [7, 11) is 0. The lowest BCUT2D eigenvalue weighted by atomic mass is 10.7. The summed E-state index contributed by atoms with van der Waals surface area (Å²) < 4.78 is 0. The monoisotopic (exact) mass is 113 g/mol. The van der Waals surface area contributed by atoms with E-state index in [1.54, 1.807) is 6.92 Å². The Balaban J connectivity index is 3.57. The normalized spacial score (nSPS) is 12.4. The average Bonchev–Trinajstić information content (AvgIpc) is 1.66. The van der Waals surface area contributed by atoms with Gasteiger partial charge in [0.1, 0.15) is 5.84 Å². The van der Waals surface area contributed by atoms with Gasteiger partial charge in [0.25, 0.3) is 0 Å². The summed E-state index contributed by atoms with van der Waals surface area (Å²) in [5.74, 6) is 0.345. The van der Waals surface area contributed by atoms with Gasteiger partial charge in [-0.2, -0.15) is 0 Å². The molecule has 0 aromatic carbocycles. The predicted molar refractivity (Wildman–Crippen MR) is 31.7 cm³/mol. The molecule has 5 nitrogen and oxygen atoms in total. The van der Waals surface area contributed by atoms with Crippen LogP contribution in [-0.4, -0.2) is 12.6 Å². The molecule has 5 heteroatoms. The van der Waals surface area contributed by atoms with E-state index < -0.39 is 0 Å². The summed E-state index contributed by atoms with van der Waals surface area (Å²) in [4.78, 5) is 0. The van der Waals surface area contributed by atoms with Gasteiger partial charge in [-0.15, -0.1) is 10.2 Å². The molecule has 0 unspecified atom stereocenters. The molecule has 0 radical (unpaired) electrons. The van der Waals surface area contributed by atoms with Gasteiger partial charge in [-0.25, -0.2) is 0 Å². The lowest BCUT2D eigenvalue weighted by Crippen LogP contribution is -2.03. The number of hydrogen-bond donors (Lipinski definition) is 1. The first-order chi connectivity index (χ1) is 3.77. The van der Waals surface area contributed by atoms with Gasteiger partial charge in [-0.3, -0.25) is 0 Å². The molecule has 8 heavy (non-hydrogen) atoms. The van der Waals surface area contributed by atoms with E-state index in [1.165, 1.54) is 0 Å². The van der Waals surface area contributed by atoms with Gasteiger partial charge < -0.3 is 5.73 Å². The number of nitrogens with zero attached hydrogens (tertiary/aromatic N) is 4. The van der Waals surface area contributed by atoms with Gasteiger partial charge in [0.15, 0.2) is 0 Å². The highest BCUT2D eigenvalue weighted by Gasteiger charge is 1.69. The van der Waals surface area contributed by atoms with E-state index in [4.69, 9.17) is 5.73 Å². The van der Waals surface area contributed by atoms with E-state index in [0.29, 0.717) is 5.84 Å². The molecular formula is C3H7N5. The molecular weight excluding hydrogens is 106 g/mol. The highest BCUT2D eigenvalue weighted by Crippen LogP contribution is 1.75. The molecule has 0 aliphatic carbocycles. The third-order valence-corrected chi connectivity index (χ3v) is 0.306. The van der Waals surface area contributed by atoms with Crippen molar-refractivity contribution < 1.29 is 0 Å². The summed E-state index contributed by atoms with van der Waals surface area (Å²) in [6, 6.07) is 0. The first kappa shape index (κ1) is 6.74. The highest BCUT2D eigenvalue weighted by atomic mass is 15.5. The van der Waals surface area contributed by atoms with Gasteiger partial charge in [-0.1, -0.05) is 0 Å². The smallest absolute Gasteiger partial charge is 0.121 e. The second kappa shape index (κ2) is 3.91. The second-order valence-electron chi connectivity index (χ2n) is 1.06. The number of nitrogens with two attached hydrogens (primary N) is 1. The van der Waals surface area contributed by atoms with Crippen molar-refractivity contribution in [2.75, 3.05) is 0 Å². The Labute approximate surface area is 47.0 Å². The molecule has 0 spiro atoms. The predicted octanol–water partition coefficient (Wildman–Crippen LogP) is 0.346. The maximum atomic E-state index is 5.07. The topological polar surface area (TPSA) is 75.5 Å². The molecule has 0 heterocycles. The van der Waals surface area contributed by atoms with Gasteiger partial charge in [0, 0.05) is 6.72 Å². The van der Waals surface area contributed by atoms with Crippen molar-refractivity contribution in [1.82, 2.24) is 0 Å². The van der Waals surface area contributed by atoms with Crippen molar-refractivity contribution >= 4 is 12.6 Å². The molecule has 0 aliphatic rings. The maximum absolute atomic E-state index is 5.07. The molecule has 0 saturated carbocycles. The van der Waals surface area contributed by atoms with Crippen molar-refractivity contribution in [3.05, 3.63) is 0 Å². The molecule has 0 saturated heterocycles. The van der Waals surface area contributed by atoms with Crippen molar-refractivity contribution in [3.63, 3.8) is 0 Å². The van der Waals surface area contributed by atoms with Crippen LogP contribution < -0.4 is 5.73 Å². The quantitative estimate of drug-likeness (QED) is 0.238. The van der Waals surface area contributed by atoms with Gasteiger partial charge in [0.2, 0.25) is 0 Å². The van der Waals surface area contributed by atoms with Crippen LogP contribution in [0.1, 0.15) is 6.92 Å². The van der Waals surface area contributed by atoms with Gasteiger partial charge >= 0.3 is 0 Å². The van der Waals surface area contributed by atoms with Crippen molar-refractivity contribution in [3.8, 4) is 0 Å². The second-order valence-corrected chi connectivity index (χ2v) is 1.06. The minimum absolute atomic E-state index is 0.345. The Morgan fingerprint density at radius 1 is 1.50 bits per heavy atom. The van der Waals surface area contributed by atoms with E-state index in [9.17, 15) is 0 Å². The summed E-state index contributed by atoms with van der Waals surface area (Å²) >= 11 is 0. The number of hydrogen-bond acceptors (Lipinski definition) is 2. The molecule has 2 N–H and O–H groups in total. The van der Waals surface area contributed by atoms with Crippen LogP contribution in [-0.2, 0) is 0 Å². The molecule has 0 aliphatic heterocycles. The third kappa shape index (κ3) is 4.74. The third-order valence-electron chi connectivity index (χ3n) is 0.306. The Morgan fingerprint density at radius 3 is 2.50 bits per heavy atom. The number of amidine groups is 1. The van der Waals surface area contributed by atoms with Crippen LogP contribution >= 0.6 is 0 Å². The van der Waals surface area contributed by atoms with Crippen LogP contribution in [0.5, 0.6) is 0 Å². The van der Waals surface area contributed by atoms with Gasteiger partial charge in [0.05, 0.1) is 0 Å². The van der Waals surface area contributed by atoms with E-state index in [1.807, 2.05) is 0 Å². The molecule has 0 amide bonds. The van der Waals surface area contributed by atoms with Crippen LogP contribution in [0.3, 0.4) is 0 Å². The summed E-state index contributed by atoms with van der Waals surface area (Å²) in [5.41, 5.74) is 5.07. The fourth-order valence-electron chi connectivity index (χ4n) is 0.119. The first-order valence-corrected chi connectivity index (χ1v) is 1.93. The standard InChI is InChI=1S/C3H7N5/c1-3(4)6-8-7-5-2/h2H2,1H3,(H2,4,6,7). The van der Waals surface area contributed by atoms with Crippen molar-refractivity contribution in [2.24, 2.45) is 26.4 Å². The molecule has 0 rings (SSSR count). The molecule has 0 bridgehead atoms. The summed E-state index contributed by atoms with van der Waals surface area (Å²) in [6.45, 7) is 4.64. The Bertz CT molecular complexity index is 120. The zero-order valence-electron chi connectivity index (χ0n) is 4.57. The van der Waals surface area contributed by atoms with E-state index in [2.05, 4.69) is 27.4 Å². The average molecular weight is 113 g/mol. The minimum atomic E-state index is 0.345. The summed E-state index contributed by atoms with van der Waals surface area (Å²) in [5, 5.41) is 12.6. The first-order valence-electron chi connectivity index (χ1n) is 1.93. The van der Waals surface area contributed by atoms with Gasteiger partial charge in [-0.05, 0) is 17.4 Å². The van der Waals surface area contributed by atoms with Crippen LogP contribution in [0.4, 0.5) is 0 Å². The summed E-state index contributed by atoms with van der Waals surface area (Å²) in [6.07, 6.45) is 0. The van der Waals surface area contributed by atoms with E-state index >= 15 is 0 Å². The SMILES string of the molecule is C=N/N=N\N=C(/C)N. The lowest BCUT2D eigenvalue weighted by Gasteiger charge is -1.76. The van der Waals surface area contributed by atoms with Crippen molar-refractivity contribution in [2.45, 2.75) is 6.92 Å². The lowest BCUT2D eigenvalue weighted by molar-refractivity contribution is 0.959. The van der Waals surface area contributed by atoms with E-state index in [-0.39, 0.29) is 0 Å². The molecule has 0 atom stereocenters. The molecule has 0 aromatic heterocycles. The van der Waals surface area contributed by atoms with Crippen LogP contribution in [0.15, 0.2) is 20.6 Å². The van der Waals surface area contributed by atoms with E-state index in [0.717, 1.165) is 0 Å². The highest BCUT2D eigenvalue weighted by molar-refractivity contribution is 5.77. The minimum Gasteiger partial charge on any atom is -0.386 e. The molecule has 0 aromatic rings. The van der Waals surface area contributed by atoms with Crippen LogP contribution in [0.2, 0.25) is 0 Å². The maximum Gasteiger partial charge on any atom is 0.121 e. The van der Waals surface area contributed by atoms with Crippen molar-refractivity contribution in [1.29, 1.82) is 0 Å². The fraction of sp³-hybridized carbons (Fsp3) is 0.333. The Morgan fingerprint density at radius 2 is 2.12 bits per heavy atom. The molecule has 0 fully saturated rings. The van der Waals surface area contributed by atoms with Crippen LogP contribution in [0, 0.1) is 0 Å².